The van der Waals surface area contributed by atoms with Gasteiger partial charge in [-0.15, -0.1) is 0 Å². The number of aromatic nitrogens is 2. The zero-order valence-electron chi connectivity index (χ0n) is 16.2. The van der Waals surface area contributed by atoms with E-state index in [9.17, 15) is 4.79 Å². The van der Waals surface area contributed by atoms with Gasteiger partial charge in [0, 0.05) is 34.1 Å². The fraction of sp³-hybridized carbons (Fsp3) is 0.0417. The lowest BCUT2D eigenvalue weighted by Gasteiger charge is -2.08. The highest BCUT2D eigenvalue weighted by Gasteiger charge is 2.08. The number of ether oxygens (including phenoxy) is 1. The zero-order valence-corrected chi connectivity index (χ0v) is 16.9. The van der Waals surface area contributed by atoms with Gasteiger partial charge in [-0.2, -0.15) is 4.98 Å². The molecular weight excluding hydrogens is 398 g/mol. The van der Waals surface area contributed by atoms with Crippen LogP contribution in [0.15, 0.2) is 85.1 Å². The maximum Gasteiger partial charge on any atom is 0.255 e. The second kappa shape index (κ2) is 8.76. The van der Waals surface area contributed by atoms with Crippen molar-refractivity contribution in [2.75, 3.05) is 5.32 Å². The number of hydrogen-bond acceptors (Lipinski definition) is 4. The number of nitrogens with zero attached hydrogens (tertiary/aromatic N) is 2. The third-order valence-electron chi connectivity index (χ3n) is 4.35. The summed E-state index contributed by atoms with van der Waals surface area (Å²) in [5.74, 6) is 1.38. The van der Waals surface area contributed by atoms with Crippen molar-refractivity contribution in [3.8, 4) is 23.0 Å². The summed E-state index contributed by atoms with van der Waals surface area (Å²) in [5.41, 5.74) is 3.25. The number of carbonyl (C=O) groups excluding carboxylic acids is 1. The Kier molecular flexibility index (Phi) is 5.72. The number of nitrogens with one attached hydrogen (secondary N) is 1. The van der Waals surface area contributed by atoms with Crippen LogP contribution in [0.1, 0.15) is 15.9 Å². The van der Waals surface area contributed by atoms with Crippen LogP contribution in [0, 0.1) is 6.92 Å². The van der Waals surface area contributed by atoms with E-state index in [0.717, 1.165) is 11.1 Å². The first kappa shape index (κ1) is 19.6. The maximum absolute atomic E-state index is 12.4. The molecule has 0 aliphatic rings. The number of hydrogen-bond donors (Lipinski definition) is 1. The normalized spacial score (nSPS) is 10.5. The smallest absolute Gasteiger partial charge is 0.255 e. The number of aryl methyl sites for hydroxylation is 1. The number of benzene rings is 3. The number of anilines is 1. The Morgan fingerprint density at radius 1 is 0.967 bits per heavy atom. The molecule has 30 heavy (non-hydrogen) atoms. The van der Waals surface area contributed by atoms with Crippen LogP contribution in [0.4, 0.5) is 5.69 Å². The lowest BCUT2D eigenvalue weighted by atomic mass is 10.1. The largest absolute Gasteiger partial charge is 0.439 e. The molecule has 0 spiro atoms. The highest BCUT2D eigenvalue weighted by Crippen LogP contribution is 2.23. The van der Waals surface area contributed by atoms with Gasteiger partial charge in [-0.05, 0) is 61.5 Å². The number of halogens is 1. The molecule has 0 bridgehead atoms. The van der Waals surface area contributed by atoms with Gasteiger partial charge in [0.1, 0.15) is 5.75 Å². The van der Waals surface area contributed by atoms with E-state index in [1.165, 1.54) is 0 Å². The fourth-order valence-electron chi connectivity index (χ4n) is 2.85. The first-order valence-corrected chi connectivity index (χ1v) is 9.69. The van der Waals surface area contributed by atoms with Crippen LogP contribution >= 0.6 is 11.6 Å². The van der Waals surface area contributed by atoms with Crippen LogP contribution < -0.4 is 10.1 Å². The Balaban J connectivity index is 1.45. The van der Waals surface area contributed by atoms with Crippen molar-refractivity contribution in [3.63, 3.8) is 0 Å². The molecule has 0 saturated heterocycles. The molecule has 5 nitrogen and oxygen atoms in total. The quantitative estimate of drug-likeness (QED) is 0.424. The van der Waals surface area contributed by atoms with E-state index in [-0.39, 0.29) is 5.91 Å². The number of rotatable bonds is 5. The Morgan fingerprint density at radius 2 is 1.73 bits per heavy atom. The van der Waals surface area contributed by atoms with E-state index in [0.29, 0.717) is 33.7 Å². The van der Waals surface area contributed by atoms with Gasteiger partial charge in [-0.3, -0.25) is 4.79 Å². The SMILES string of the molecule is Cc1cccc(-c2nccc(Oc3ccc(C(=O)Nc4ccc(Cl)cc4)cc3)n2)c1. The molecule has 0 fully saturated rings. The van der Waals surface area contributed by atoms with Gasteiger partial charge in [-0.1, -0.05) is 35.4 Å². The van der Waals surface area contributed by atoms with Crippen LogP contribution in [-0.4, -0.2) is 15.9 Å². The first-order chi connectivity index (χ1) is 14.6. The van der Waals surface area contributed by atoms with Gasteiger partial charge < -0.3 is 10.1 Å². The minimum Gasteiger partial charge on any atom is -0.439 e. The Hall–Kier alpha value is -3.70. The summed E-state index contributed by atoms with van der Waals surface area (Å²) >= 11 is 5.86. The van der Waals surface area contributed by atoms with Crippen LogP contribution in [0.5, 0.6) is 11.6 Å². The van der Waals surface area contributed by atoms with Crippen molar-refractivity contribution < 1.29 is 9.53 Å². The van der Waals surface area contributed by atoms with Crippen LogP contribution in [0.25, 0.3) is 11.4 Å². The molecule has 0 saturated carbocycles. The Labute approximate surface area is 179 Å². The monoisotopic (exact) mass is 415 g/mol. The summed E-state index contributed by atoms with van der Waals surface area (Å²) in [6.07, 6.45) is 1.66. The third kappa shape index (κ3) is 4.82. The molecule has 1 amide bonds. The van der Waals surface area contributed by atoms with Crippen LogP contribution in [-0.2, 0) is 0 Å². The van der Waals surface area contributed by atoms with Crippen molar-refractivity contribution in [1.82, 2.24) is 9.97 Å². The second-order valence-electron chi connectivity index (χ2n) is 6.68. The molecule has 0 unspecified atom stereocenters. The highest BCUT2D eigenvalue weighted by atomic mass is 35.5. The Bertz CT molecular complexity index is 1180. The van der Waals surface area contributed by atoms with E-state index in [1.54, 1.807) is 60.8 Å². The summed E-state index contributed by atoms with van der Waals surface area (Å²) in [7, 11) is 0. The summed E-state index contributed by atoms with van der Waals surface area (Å²) in [5, 5.41) is 3.44. The lowest BCUT2D eigenvalue weighted by molar-refractivity contribution is 0.102. The molecule has 148 valence electrons. The van der Waals surface area contributed by atoms with Crippen molar-refractivity contribution in [2.24, 2.45) is 0 Å². The number of amides is 1. The lowest BCUT2D eigenvalue weighted by Crippen LogP contribution is -2.11. The minimum absolute atomic E-state index is 0.215. The standard InChI is InChI=1S/C24H18ClN3O2/c1-16-3-2-4-18(15-16)23-26-14-13-22(28-23)30-21-11-5-17(6-12-21)24(29)27-20-9-7-19(25)8-10-20/h2-15H,1H3,(H,27,29). The highest BCUT2D eigenvalue weighted by molar-refractivity contribution is 6.30. The first-order valence-electron chi connectivity index (χ1n) is 9.32. The van der Waals surface area contributed by atoms with E-state index < -0.39 is 0 Å². The average molecular weight is 416 g/mol. The number of carbonyl (C=O) groups is 1. The molecule has 4 rings (SSSR count). The van der Waals surface area contributed by atoms with Crippen molar-refractivity contribution in [3.05, 3.63) is 101 Å². The van der Waals surface area contributed by atoms with Crippen molar-refractivity contribution in [1.29, 1.82) is 0 Å². The van der Waals surface area contributed by atoms with Crippen molar-refractivity contribution >= 4 is 23.2 Å². The van der Waals surface area contributed by atoms with Crippen LogP contribution in [0.2, 0.25) is 5.02 Å². The van der Waals surface area contributed by atoms with Gasteiger partial charge in [0.25, 0.3) is 5.91 Å². The molecule has 6 heteroatoms. The molecule has 0 atom stereocenters. The molecule has 1 N–H and O–H groups in total. The topological polar surface area (TPSA) is 64.1 Å². The maximum atomic E-state index is 12.4. The van der Waals surface area contributed by atoms with E-state index in [4.69, 9.17) is 16.3 Å². The third-order valence-corrected chi connectivity index (χ3v) is 4.60. The van der Waals surface area contributed by atoms with Crippen LogP contribution in [0.3, 0.4) is 0 Å². The van der Waals surface area contributed by atoms with Gasteiger partial charge in [-0.25, -0.2) is 4.98 Å². The summed E-state index contributed by atoms with van der Waals surface area (Å²) in [6, 6.07) is 23.5. The van der Waals surface area contributed by atoms with Gasteiger partial charge in [0.15, 0.2) is 5.82 Å². The van der Waals surface area contributed by atoms with Gasteiger partial charge in [0.2, 0.25) is 5.88 Å². The summed E-state index contributed by atoms with van der Waals surface area (Å²) < 4.78 is 5.84. The molecule has 0 aliphatic heterocycles. The molecule has 1 aromatic heterocycles. The van der Waals surface area contributed by atoms with E-state index in [2.05, 4.69) is 15.3 Å². The zero-order chi connectivity index (χ0) is 20.9. The van der Waals surface area contributed by atoms with E-state index in [1.807, 2.05) is 31.2 Å². The molecule has 4 aromatic rings. The summed E-state index contributed by atoms with van der Waals surface area (Å²) in [4.78, 5) is 21.2. The molecule has 0 radical (unpaired) electrons. The summed E-state index contributed by atoms with van der Waals surface area (Å²) in [6.45, 7) is 2.02. The predicted octanol–water partition coefficient (Wildman–Crippen LogP) is 6.15. The van der Waals surface area contributed by atoms with E-state index >= 15 is 0 Å². The second-order valence-corrected chi connectivity index (χ2v) is 7.11. The molecule has 1 heterocycles. The molecule has 0 aliphatic carbocycles. The van der Waals surface area contributed by atoms with Gasteiger partial charge >= 0.3 is 0 Å². The molecular formula is C24H18ClN3O2. The average Bonchev–Trinajstić information content (AvgIpc) is 2.76. The Morgan fingerprint density at radius 3 is 2.47 bits per heavy atom. The van der Waals surface area contributed by atoms with Gasteiger partial charge in [0.05, 0.1) is 0 Å². The minimum atomic E-state index is -0.215. The molecule has 3 aromatic carbocycles. The predicted molar refractivity (Wildman–Crippen MR) is 118 cm³/mol. The fourth-order valence-corrected chi connectivity index (χ4v) is 2.98. The van der Waals surface area contributed by atoms with Crippen molar-refractivity contribution in [2.45, 2.75) is 6.92 Å².